The predicted octanol–water partition coefficient (Wildman–Crippen LogP) is 4.07. The Hall–Kier alpha value is -3.32. The van der Waals surface area contributed by atoms with Crippen LogP contribution in [0.2, 0.25) is 0 Å². The van der Waals surface area contributed by atoms with Crippen molar-refractivity contribution in [3.8, 4) is 0 Å². The summed E-state index contributed by atoms with van der Waals surface area (Å²) in [5.74, 6) is 0. The summed E-state index contributed by atoms with van der Waals surface area (Å²) >= 11 is 5.13. The Morgan fingerprint density at radius 3 is 2.60 bits per heavy atom. The summed E-state index contributed by atoms with van der Waals surface area (Å²) in [4.78, 5) is 10.5. The van der Waals surface area contributed by atoms with Gasteiger partial charge in [0, 0.05) is 11.6 Å². The van der Waals surface area contributed by atoms with Crippen molar-refractivity contribution in [1.82, 2.24) is 5.43 Å². The van der Waals surface area contributed by atoms with Gasteiger partial charge in [0.25, 0.3) is 5.69 Å². The molecule has 0 saturated heterocycles. The standard InChI is InChI=1S/C18H14N4O2S/c23-22(24)17-11-4-3-10-16(17)20-18(25)21-19-12-14-8-5-7-13-6-1-2-9-15(13)14/h1-12H,(H2,20,21,25)/b19-12-. The molecule has 25 heavy (non-hydrogen) atoms. The summed E-state index contributed by atoms with van der Waals surface area (Å²) in [5, 5.41) is 20.3. The lowest BCUT2D eigenvalue weighted by Gasteiger charge is -2.07. The van der Waals surface area contributed by atoms with Crippen molar-refractivity contribution in [2.24, 2.45) is 5.10 Å². The van der Waals surface area contributed by atoms with Gasteiger partial charge in [0.15, 0.2) is 5.11 Å². The van der Waals surface area contributed by atoms with Crippen molar-refractivity contribution in [2.75, 3.05) is 5.32 Å². The summed E-state index contributed by atoms with van der Waals surface area (Å²) in [6.45, 7) is 0. The Balaban J connectivity index is 1.70. The highest BCUT2D eigenvalue weighted by Crippen LogP contribution is 2.23. The molecule has 124 valence electrons. The lowest BCUT2D eigenvalue weighted by atomic mass is 10.1. The maximum atomic E-state index is 11.0. The fourth-order valence-corrected chi connectivity index (χ4v) is 2.57. The molecule has 3 rings (SSSR count). The third-order valence-electron chi connectivity index (χ3n) is 3.54. The van der Waals surface area contributed by atoms with Gasteiger partial charge in [0.05, 0.1) is 11.1 Å². The first-order valence-corrected chi connectivity index (χ1v) is 7.87. The van der Waals surface area contributed by atoms with Crippen LogP contribution in [-0.2, 0) is 0 Å². The molecule has 0 spiro atoms. The molecule has 0 heterocycles. The minimum Gasteiger partial charge on any atom is -0.326 e. The molecule has 0 aliphatic heterocycles. The van der Waals surface area contributed by atoms with Gasteiger partial charge in [-0.1, -0.05) is 54.6 Å². The molecule has 0 radical (unpaired) electrons. The largest absolute Gasteiger partial charge is 0.326 e. The summed E-state index contributed by atoms with van der Waals surface area (Å²) < 4.78 is 0. The summed E-state index contributed by atoms with van der Waals surface area (Å²) in [6.07, 6.45) is 1.66. The van der Waals surface area contributed by atoms with E-state index in [1.54, 1.807) is 24.4 Å². The van der Waals surface area contributed by atoms with Crippen molar-refractivity contribution in [2.45, 2.75) is 0 Å². The smallest absolute Gasteiger partial charge is 0.292 e. The van der Waals surface area contributed by atoms with Gasteiger partial charge in [-0.3, -0.25) is 15.5 Å². The van der Waals surface area contributed by atoms with E-state index in [2.05, 4.69) is 15.8 Å². The molecule has 0 aromatic heterocycles. The third kappa shape index (κ3) is 3.96. The molecular formula is C18H14N4O2S. The number of fused-ring (bicyclic) bond motifs is 1. The molecule has 0 aliphatic rings. The number of nitro groups is 1. The minimum absolute atomic E-state index is 0.0512. The van der Waals surface area contributed by atoms with Crippen LogP contribution in [0, 0.1) is 10.1 Å². The first-order chi connectivity index (χ1) is 12.1. The van der Waals surface area contributed by atoms with Crippen LogP contribution in [0.15, 0.2) is 71.8 Å². The van der Waals surface area contributed by atoms with Crippen molar-refractivity contribution in [1.29, 1.82) is 0 Å². The number of para-hydroxylation sites is 2. The fraction of sp³-hybridized carbons (Fsp3) is 0. The average Bonchev–Trinajstić information content (AvgIpc) is 2.62. The third-order valence-corrected chi connectivity index (χ3v) is 3.74. The Kier molecular flexibility index (Phi) is 4.96. The zero-order valence-corrected chi connectivity index (χ0v) is 13.9. The zero-order chi connectivity index (χ0) is 17.6. The van der Waals surface area contributed by atoms with Gasteiger partial charge >= 0.3 is 0 Å². The van der Waals surface area contributed by atoms with Crippen LogP contribution < -0.4 is 10.7 Å². The highest BCUT2D eigenvalue weighted by Gasteiger charge is 2.12. The quantitative estimate of drug-likeness (QED) is 0.321. The molecule has 7 heteroatoms. The van der Waals surface area contributed by atoms with E-state index < -0.39 is 4.92 Å². The monoisotopic (exact) mass is 350 g/mol. The van der Waals surface area contributed by atoms with E-state index in [0.29, 0.717) is 5.69 Å². The molecule has 0 atom stereocenters. The van der Waals surface area contributed by atoms with Gasteiger partial charge in [0.1, 0.15) is 5.69 Å². The Morgan fingerprint density at radius 1 is 1.04 bits per heavy atom. The van der Waals surface area contributed by atoms with Gasteiger partial charge in [-0.05, 0) is 29.1 Å². The van der Waals surface area contributed by atoms with Crippen LogP contribution in [0.1, 0.15) is 5.56 Å². The molecule has 0 saturated carbocycles. The molecule has 3 aromatic rings. The van der Waals surface area contributed by atoms with E-state index >= 15 is 0 Å². The predicted molar refractivity (Wildman–Crippen MR) is 104 cm³/mol. The van der Waals surface area contributed by atoms with Gasteiger partial charge in [-0.15, -0.1) is 0 Å². The molecule has 3 aromatic carbocycles. The van der Waals surface area contributed by atoms with Crippen molar-refractivity contribution < 1.29 is 4.92 Å². The van der Waals surface area contributed by atoms with Gasteiger partial charge in [-0.2, -0.15) is 5.10 Å². The first kappa shape index (κ1) is 16.5. The molecular weight excluding hydrogens is 336 g/mol. The maximum absolute atomic E-state index is 11.0. The zero-order valence-electron chi connectivity index (χ0n) is 13.0. The van der Waals surface area contributed by atoms with E-state index in [9.17, 15) is 10.1 Å². The van der Waals surface area contributed by atoms with Crippen LogP contribution in [0.25, 0.3) is 10.8 Å². The number of hydrazone groups is 1. The lowest BCUT2D eigenvalue weighted by molar-refractivity contribution is -0.383. The number of nitrogens with zero attached hydrogens (tertiary/aromatic N) is 2. The molecule has 0 aliphatic carbocycles. The van der Waals surface area contributed by atoms with E-state index in [1.165, 1.54) is 6.07 Å². The normalized spacial score (nSPS) is 10.7. The SMILES string of the molecule is O=[N+]([O-])c1ccccc1NC(=S)N/N=C\c1cccc2ccccc12. The number of thiocarbonyl (C=S) groups is 1. The van der Waals surface area contributed by atoms with Crippen LogP contribution in [0.5, 0.6) is 0 Å². The number of anilines is 1. The van der Waals surface area contributed by atoms with Gasteiger partial charge < -0.3 is 5.32 Å². The van der Waals surface area contributed by atoms with Gasteiger partial charge in [-0.25, -0.2) is 0 Å². The molecule has 2 N–H and O–H groups in total. The van der Waals surface area contributed by atoms with Crippen molar-refractivity contribution in [3.05, 3.63) is 82.4 Å². The first-order valence-electron chi connectivity index (χ1n) is 7.46. The van der Waals surface area contributed by atoms with E-state index in [0.717, 1.165) is 16.3 Å². The highest BCUT2D eigenvalue weighted by molar-refractivity contribution is 7.80. The second kappa shape index (κ2) is 7.50. The molecule has 6 nitrogen and oxygen atoms in total. The maximum Gasteiger partial charge on any atom is 0.292 e. The summed E-state index contributed by atoms with van der Waals surface area (Å²) in [5.41, 5.74) is 3.88. The molecule has 0 unspecified atom stereocenters. The fourth-order valence-electron chi connectivity index (χ4n) is 2.41. The van der Waals surface area contributed by atoms with Crippen molar-refractivity contribution in [3.63, 3.8) is 0 Å². The highest BCUT2D eigenvalue weighted by atomic mass is 32.1. The van der Waals surface area contributed by atoms with Crippen molar-refractivity contribution >= 4 is 45.7 Å². The number of nitro benzene ring substituents is 1. The topological polar surface area (TPSA) is 79.6 Å². The molecule has 0 bridgehead atoms. The second-order valence-corrected chi connectivity index (χ2v) is 5.58. The second-order valence-electron chi connectivity index (χ2n) is 5.17. The molecule has 0 fully saturated rings. The average molecular weight is 350 g/mol. The Bertz CT molecular complexity index is 967. The van der Waals surface area contributed by atoms with Crippen LogP contribution in [-0.4, -0.2) is 16.3 Å². The van der Waals surface area contributed by atoms with E-state index in [1.807, 2.05) is 42.5 Å². The van der Waals surface area contributed by atoms with E-state index in [4.69, 9.17) is 12.2 Å². The van der Waals surface area contributed by atoms with Crippen LogP contribution in [0.3, 0.4) is 0 Å². The Labute approximate surface area is 149 Å². The number of nitrogens with one attached hydrogen (secondary N) is 2. The minimum atomic E-state index is -0.468. The summed E-state index contributed by atoms with van der Waals surface area (Å²) in [7, 11) is 0. The lowest BCUT2D eigenvalue weighted by Crippen LogP contribution is -2.24. The number of hydrogen-bond acceptors (Lipinski definition) is 4. The number of hydrogen-bond donors (Lipinski definition) is 2. The van der Waals surface area contributed by atoms with Crippen LogP contribution >= 0.6 is 12.2 Å². The Morgan fingerprint density at radius 2 is 1.76 bits per heavy atom. The van der Waals surface area contributed by atoms with Crippen LogP contribution in [0.4, 0.5) is 11.4 Å². The molecule has 0 amide bonds. The van der Waals surface area contributed by atoms with E-state index in [-0.39, 0.29) is 10.8 Å². The summed E-state index contributed by atoms with van der Waals surface area (Å²) in [6, 6.07) is 20.2. The number of rotatable bonds is 4. The number of benzene rings is 3. The van der Waals surface area contributed by atoms with Gasteiger partial charge in [0.2, 0.25) is 0 Å².